The molecule has 0 saturated carbocycles. The van der Waals surface area contributed by atoms with Gasteiger partial charge in [-0.15, -0.1) is 0 Å². The molecule has 4 aromatic rings. The minimum absolute atomic E-state index is 0.0217. The first kappa shape index (κ1) is 29.7. The molecule has 0 fully saturated rings. The van der Waals surface area contributed by atoms with Crippen molar-refractivity contribution in [3.8, 4) is 28.0 Å². The lowest BCUT2D eigenvalue weighted by Crippen LogP contribution is -2.24. The van der Waals surface area contributed by atoms with E-state index < -0.39 is 30.2 Å². The first-order valence-corrected chi connectivity index (χ1v) is 13.3. The highest BCUT2D eigenvalue weighted by Gasteiger charge is 2.31. The molecule has 5 nitrogen and oxygen atoms in total. The molecule has 0 unspecified atom stereocenters. The van der Waals surface area contributed by atoms with Crippen molar-refractivity contribution < 1.29 is 32.6 Å². The molecule has 0 aliphatic rings. The maximum Gasteiger partial charge on any atom is 0.416 e. The summed E-state index contributed by atoms with van der Waals surface area (Å²) < 4.78 is 46.3. The number of carboxylic acid groups (broad SMARTS) is 1. The summed E-state index contributed by atoms with van der Waals surface area (Å²) in [4.78, 5) is 24.6. The summed E-state index contributed by atoms with van der Waals surface area (Å²) in [7, 11) is 0. The second-order valence-corrected chi connectivity index (χ2v) is 9.81. The Bertz CT molecular complexity index is 1520. The van der Waals surface area contributed by atoms with Gasteiger partial charge in [0.2, 0.25) is 0 Å². The lowest BCUT2D eigenvalue weighted by Gasteiger charge is -2.19. The molecule has 41 heavy (non-hydrogen) atoms. The van der Waals surface area contributed by atoms with Gasteiger partial charge in [0.25, 0.3) is 5.91 Å². The van der Waals surface area contributed by atoms with Gasteiger partial charge in [-0.2, -0.15) is 13.2 Å². The Morgan fingerprint density at radius 2 is 1.49 bits per heavy atom. The van der Waals surface area contributed by atoms with Gasteiger partial charge in [0, 0.05) is 28.3 Å². The molecule has 0 aliphatic heterocycles. The van der Waals surface area contributed by atoms with Gasteiger partial charge in [-0.3, -0.25) is 4.79 Å². The van der Waals surface area contributed by atoms with E-state index in [1.54, 1.807) is 24.3 Å². The van der Waals surface area contributed by atoms with Gasteiger partial charge in [-0.05, 0) is 72.4 Å². The summed E-state index contributed by atoms with van der Waals surface area (Å²) in [6, 6.07) is 24.1. The Hall–Kier alpha value is -4.30. The third-order valence-corrected chi connectivity index (χ3v) is 6.58. The Kier molecular flexibility index (Phi) is 9.68. The van der Waals surface area contributed by atoms with Crippen LogP contribution in [-0.4, -0.2) is 30.1 Å². The summed E-state index contributed by atoms with van der Waals surface area (Å²) in [5.74, 6) is -1.67. The van der Waals surface area contributed by atoms with E-state index in [1.807, 2.05) is 30.3 Å². The van der Waals surface area contributed by atoms with Gasteiger partial charge < -0.3 is 15.2 Å². The zero-order valence-corrected chi connectivity index (χ0v) is 22.6. The van der Waals surface area contributed by atoms with Gasteiger partial charge in [-0.1, -0.05) is 66.2 Å². The van der Waals surface area contributed by atoms with Gasteiger partial charge in [-0.25, -0.2) is 4.79 Å². The topological polar surface area (TPSA) is 75.6 Å². The summed E-state index contributed by atoms with van der Waals surface area (Å²) in [5, 5.41) is 12.5. The van der Waals surface area contributed by atoms with E-state index in [4.69, 9.17) is 16.3 Å². The third kappa shape index (κ3) is 8.11. The molecule has 9 heteroatoms. The maximum atomic E-state index is 13.6. The van der Waals surface area contributed by atoms with E-state index in [9.17, 15) is 27.9 Å². The second kappa shape index (κ2) is 13.4. The van der Waals surface area contributed by atoms with Crippen LogP contribution in [0.2, 0.25) is 5.02 Å². The molecule has 0 aliphatic carbocycles. The van der Waals surface area contributed by atoms with Crippen molar-refractivity contribution in [2.45, 2.75) is 25.4 Å². The maximum absolute atomic E-state index is 13.6. The standard InChI is InChI=1S/C32H27ClF3NO4/c33-26-14-7-12-23(17-26)28-19-24(31(40)37-15-5-4-10-21-8-2-1-3-9-21)18-27(30(28)41-20-29(38)39)22-11-6-13-25(16-22)32(34,35)36/h1-3,6-9,11-14,16-19H,4-5,10,15,20H2,(H,37,40)(H,38,39). The average molecular weight is 582 g/mol. The number of hydrogen-bond donors (Lipinski definition) is 2. The fraction of sp³-hybridized carbons (Fsp3) is 0.188. The van der Waals surface area contributed by atoms with Crippen LogP contribution in [0.25, 0.3) is 22.3 Å². The lowest BCUT2D eigenvalue weighted by atomic mass is 9.93. The normalized spacial score (nSPS) is 11.2. The number of ether oxygens (including phenoxy) is 1. The number of alkyl halides is 3. The number of hydrogen-bond acceptors (Lipinski definition) is 3. The number of unbranched alkanes of at least 4 members (excludes halogenated alkanes) is 1. The van der Waals surface area contributed by atoms with Crippen molar-refractivity contribution in [1.29, 1.82) is 0 Å². The molecule has 0 heterocycles. The monoisotopic (exact) mass is 581 g/mol. The number of carbonyl (C=O) groups is 2. The SMILES string of the molecule is O=C(O)COc1c(-c2cccc(Cl)c2)cc(C(=O)NCCCCc2ccccc2)cc1-c1cccc(C(F)(F)F)c1. The highest BCUT2D eigenvalue weighted by atomic mass is 35.5. The molecule has 4 rings (SSSR count). The minimum atomic E-state index is -4.61. The third-order valence-electron chi connectivity index (χ3n) is 6.35. The molecular formula is C32H27ClF3NO4. The van der Waals surface area contributed by atoms with Crippen LogP contribution in [0.1, 0.15) is 34.3 Å². The first-order valence-electron chi connectivity index (χ1n) is 12.9. The summed E-state index contributed by atoms with van der Waals surface area (Å²) in [6.07, 6.45) is -2.16. The molecule has 4 aromatic carbocycles. The van der Waals surface area contributed by atoms with Crippen LogP contribution < -0.4 is 10.1 Å². The van der Waals surface area contributed by atoms with Gasteiger partial charge in [0.15, 0.2) is 6.61 Å². The molecule has 0 aromatic heterocycles. The van der Waals surface area contributed by atoms with Gasteiger partial charge >= 0.3 is 12.1 Å². The number of amides is 1. The number of carbonyl (C=O) groups excluding carboxylic acids is 1. The van der Waals surface area contributed by atoms with Crippen molar-refractivity contribution in [2.75, 3.05) is 13.2 Å². The molecule has 1 amide bonds. The van der Waals surface area contributed by atoms with E-state index in [-0.39, 0.29) is 22.4 Å². The van der Waals surface area contributed by atoms with E-state index in [0.717, 1.165) is 31.4 Å². The summed E-state index contributed by atoms with van der Waals surface area (Å²) >= 11 is 6.21. The predicted octanol–water partition coefficient (Wildman–Crippen LogP) is 7.91. The van der Waals surface area contributed by atoms with E-state index >= 15 is 0 Å². The van der Waals surface area contributed by atoms with Crippen LogP contribution in [0, 0.1) is 0 Å². The van der Waals surface area contributed by atoms with Crippen LogP contribution in [0.15, 0.2) is 91.0 Å². The molecule has 0 saturated heterocycles. The first-order chi connectivity index (χ1) is 19.6. The van der Waals surface area contributed by atoms with E-state index in [1.165, 1.54) is 29.8 Å². The number of rotatable bonds is 11. The summed E-state index contributed by atoms with van der Waals surface area (Å²) in [5.41, 5.74) is 1.56. The van der Waals surface area contributed by atoms with Gasteiger partial charge in [0.1, 0.15) is 5.75 Å². The second-order valence-electron chi connectivity index (χ2n) is 9.37. The van der Waals surface area contributed by atoms with Gasteiger partial charge in [0.05, 0.1) is 5.56 Å². The smallest absolute Gasteiger partial charge is 0.416 e. The van der Waals surface area contributed by atoms with Crippen LogP contribution in [-0.2, 0) is 17.4 Å². The quantitative estimate of drug-likeness (QED) is 0.176. The number of halogens is 4. The Balaban J connectivity index is 1.71. The summed E-state index contributed by atoms with van der Waals surface area (Å²) in [6.45, 7) is -0.346. The van der Waals surface area contributed by atoms with Crippen molar-refractivity contribution in [2.24, 2.45) is 0 Å². The zero-order valence-electron chi connectivity index (χ0n) is 21.9. The molecule has 0 radical (unpaired) electrons. The number of aliphatic carboxylic acids is 1. The number of carboxylic acids is 1. The number of benzene rings is 4. The van der Waals surface area contributed by atoms with Crippen molar-refractivity contribution in [1.82, 2.24) is 5.32 Å². The largest absolute Gasteiger partial charge is 0.481 e. The Morgan fingerprint density at radius 3 is 2.12 bits per heavy atom. The van der Waals surface area contributed by atoms with Crippen LogP contribution in [0.4, 0.5) is 13.2 Å². The fourth-order valence-corrected chi connectivity index (χ4v) is 4.59. The average Bonchev–Trinajstić information content (AvgIpc) is 2.95. The van der Waals surface area contributed by atoms with E-state index in [0.29, 0.717) is 22.7 Å². The number of aryl methyl sites for hydroxylation is 1. The molecule has 2 N–H and O–H groups in total. The van der Waals surface area contributed by atoms with Crippen LogP contribution >= 0.6 is 11.6 Å². The molecular weight excluding hydrogens is 555 g/mol. The van der Waals surface area contributed by atoms with E-state index in [2.05, 4.69) is 5.32 Å². The Morgan fingerprint density at radius 1 is 0.829 bits per heavy atom. The molecule has 212 valence electrons. The molecule has 0 bridgehead atoms. The zero-order chi connectivity index (χ0) is 29.4. The highest BCUT2D eigenvalue weighted by molar-refractivity contribution is 6.30. The molecule has 0 atom stereocenters. The fourth-order valence-electron chi connectivity index (χ4n) is 4.40. The van der Waals surface area contributed by atoms with Crippen molar-refractivity contribution in [3.05, 3.63) is 113 Å². The Labute approximate surface area is 240 Å². The highest BCUT2D eigenvalue weighted by Crippen LogP contribution is 2.42. The lowest BCUT2D eigenvalue weighted by molar-refractivity contribution is -0.139. The van der Waals surface area contributed by atoms with Crippen molar-refractivity contribution in [3.63, 3.8) is 0 Å². The van der Waals surface area contributed by atoms with Crippen LogP contribution in [0.3, 0.4) is 0 Å². The molecule has 0 spiro atoms. The van der Waals surface area contributed by atoms with Crippen LogP contribution in [0.5, 0.6) is 5.75 Å². The van der Waals surface area contributed by atoms with Crippen molar-refractivity contribution >= 4 is 23.5 Å². The number of nitrogens with one attached hydrogen (secondary N) is 1. The minimum Gasteiger partial charge on any atom is -0.481 e. The predicted molar refractivity (Wildman–Crippen MR) is 152 cm³/mol.